The fourth-order valence-corrected chi connectivity index (χ4v) is 6.62. The van der Waals surface area contributed by atoms with Crippen molar-refractivity contribution in [1.82, 2.24) is 0 Å². The number of quaternary nitrogens is 1. The molecule has 0 amide bonds. The van der Waals surface area contributed by atoms with Crippen LogP contribution in [0, 0.1) is 0 Å². The van der Waals surface area contributed by atoms with Gasteiger partial charge in [-0.15, -0.1) is 0 Å². The quantitative estimate of drug-likeness (QED) is 0.0152. The molecule has 0 aliphatic carbocycles. The van der Waals surface area contributed by atoms with Gasteiger partial charge in [-0.2, -0.15) is 0 Å². The SMILES string of the molecule is CCCCC/C=C\CC1OC1CCCCCCCC(=O)OC[C@H](COP(=O)([O-])OCC[N+](C)(C)C)OC(=O)CCCCCCC/C=C\CCCCCC. The predicted octanol–water partition coefficient (Wildman–Crippen LogP) is 9.93. The van der Waals surface area contributed by atoms with E-state index in [2.05, 4.69) is 38.2 Å². The first-order valence-electron chi connectivity index (χ1n) is 21.2. The number of esters is 2. The molecule has 1 heterocycles. The maximum atomic E-state index is 12.6. The number of phosphoric acid groups is 1. The average molecular weight is 772 g/mol. The molecule has 0 aromatic carbocycles. The van der Waals surface area contributed by atoms with Crippen molar-refractivity contribution in [2.45, 2.75) is 186 Å². The Labute approximate surface area is 324 Å². The highest BCUT2D eigenvalue weighted by atomic mass is 31.2. The van der Waals surface area contributed by atoms with Gasteiger partial charge in [0.2, 0.25) is 0 Å². The first-order valence-corrected chi connectivity index (χ1v) is 22.6. The summed E-state index contributed by atoms with van der Waals surface area (Å²) >= 11 is 0. The van der Waals surface area contributed by atoms with Gasteiger partial charge in [0, 0.05) is 12.8 Å². The third kappa shape index (κ3) is 32.4. The molecule has 4 atom stereocenters. The number of unbranched alkanes of at least 4 members (excludes halogenated alkanes) is 16. The number of rotatable bonds is 37. The van der Waals surface area contributed by atoms with Crippen molar-refractivity contribution in [1.29, 1.82) is 0 Å². The second kappa shape index (κ2) is 31.6. The molecule has 1 saturated heterocycles. The lowest BCUT2D eigenvalue weighted by molar-refractivity contribution is -0.870. The smallest absolute Gasteiger partial charge is 0.306 e. The van der Waals surface area contributed by atoms with Crippen molar-refractivity contribution in [3.8, 4) is 0 Å². The summed E-state index contributed by atoms with van der Waals surface area (Å²) in [7, 11) is 1.14. The Bertz CT molecular complexity index is 1030. The van der Waals surface area contributed by atoms with Crippen LogP contribution in [-0.4, -0.2) is 82.2 Å². The molecule has 1 aliphatic heterocycles. The van der Waals surface area contributed by atoms with Crippen LogP contribution < -0.4 is 4.89 Å². The molecule has 1 rings (SSSR count). The minimum atomic E-state index is -4.63. The van der Waals surface area contributed by atoms with Crippen molar-refractivity contribution in [3.63, 3.8) is 0 Å². The van der Waals surface area contributed by atoms with Crippen LogP contribution in [-0.2, 0) is 37.4 Å². The molecule has 0 aromatic rings. The highest BCUT2D eigenvalue weighted by Crippen LogP contribution is 2.38. The lowest BCUT2D eigenvalue weighted by Crippen LogP contribution is -2.37. The molecule has 1 fully saturated rings. The molecule has 0 radical (unpaired) electrons. The van der Waals surface area contributed by atoms with Gasteiger partial charge < -0.3 is 32.6 Å². The number of carbonyl (C=O) groups excluding carboxylic acids is 2. The average Bonchev–Trinajstić information content (AvgIpc) is 3.86. The summed E-state index contributed by atoms with van der Waals surface area (Å²) in [6.07, 6.45) is 33.6. The van der Waals surface area contributed by atoms with Crippen molar-refractivity contribution in [2.24, 2.45) is 0 Å². The lowest BCUT2D eigenvalue weighted by Gasteiger charge is -2.28. The van der Waals surface area contributed by atoms with Crippen molar-refractivity contribution < 1.29 is 46.8 Å². The van der Waals surface area contributed by atoms with E-state index in [9.17, 15) is 19.0 Å². The number of phosphoric ester groups is 1. The zero-order valence-electron chi connectivity index (χ0n) is 34.4. The van der Waals surface area contributed by atoms with Gasteiger partial charge in [-0.1, -0.05) is 115 Å². The van der Waals surface area contributed by atoms with E-state index >= 15 is 0 Å². The van der Waals surface area contributed by atoms with E-state index in [0.717, 1.165) is 77.0 Å². The normalized spacial score (nSPS) is 17.7. The van der Waals surface area contributed by atoms with E-state index in [1.807, 2.05) is 21.1 Å². The standard InChI is InChI=1S/C42H78NO9P/c1-6-8-10-12-14-15-16-17-18-19-20-24-29-33-42(45)51-38(37-50-53(46,47)49-35-34-43(3,4)5)36-48-41(44)32-28-25-21-23-27-31-40-39(52-40)30-26-22-13-11-9-7-2/h15-16,22,26,38-40H,6-14,17-21,23-25,27-37H2,1-5H3/b16-15-,26-22-/t38-,39?,40?/m1/s1. The molecule has 53 heavy (non-hydrogen) atoms. The first-order chi connectivity index (χ1) is 25.5. The Kier molecular flexibility index (Phi) is 29.5. The highest BCUT2D eigenvalue weighted by molar-refractivity contribution is 7.45. The summed E-state index contributed by atoms with van der Waals surface area (Å²) in [6, 6.07) is 0. The van der Waals surface area contributed by atoms with Gasteiger partial charge in [-0.25, -0.2) is 0 Å². The van der Waals surface area contributed by atoms with Gasteiger partial charge in [-0.3, -0.25) is 14.2 Å². The van der Waals surface area contributed by atoms with Gasteiger partial charge in [-0.05, 0) is 64.2 Å². The van der Waals surface area contributed by atoms with Crippen molar-refractivity contribution >= 4 is 19.8 Å². The Morgan fingerprint density at radius 1 is 0.679 bits per heavy atom. The molecule has 0 N–H and O–H groups in total. The summed E-state index contributed by atoms with van der Waals surface area (Å²) in [6.45, 7) is 4.13. The van der Waals surface area contributed by atoms with Crippen LogP contribution >= 0.6 is 7.82 Å². The largest absolute Gasteiger partial charge is 0.756 e. The fourth-order valence-electron chi connectivity index (χ4n) is 5.89. The number of epoxide rings is 1. The minimum absolute atomic E-state index is 0.0369. The van der Waals surface area contributed by atoms with Gasteiger partial charge in [0.05, 0.1) is 40.0 Å². The van der Waals surface area contributed by atoms with Crippen molar-refractivity contribution in [2.75, 3.05) is 47.5 Å². The molecular formula is C42H78NO9P. The zero-order chi connectivity index (χ0) is 39.0. The highest BCUT2D eigenvalue weighted by Gasteiger charge is 2.36. The topological polar surface area (TPSA) is 124 Å². The van der Waals surface area contributed by atoms with Crippen molar-refractivity contribution in [3.05, 3.63) is 24.3 Å². The maximum Gasteiger partial charge on any atom is 0.306 e. The van der Waals surface area contributed by atoms with Crippen LogP contribution in [0.1, 0.15) is 168 Å². The van der Waals surface area contributed by atoms with E-state index in [-0.39, 0.29) is 26.1 Å². The monoisotopic (exact) mass is 772 g/mol. The lowest BCUT2D eigenvalue weighted by atomic mass is 10.1. The van der Waals surface area contributed by atoms with E-state index in [4.69, 9.17) is 23.3 Å². The molecule has 0 spiro atoms. The van der Waals surface area contributed by atoms with Gasteiger partial charge in [0.1, 0.15) is 19.8 Å². The predicted molar refractivity (Wildman–Crippen MR) is 212 cm³/mol. The van der Waals surface area contributed by atoms with E-state index < -0.39 is 32.5 Å². The molecule has 0 aromatic heterocycles. The van der Waals surface area contributed by atoms with Gasteiger partial charge in [0.25, 0.3) is 7.82 Å². The number of carbonyl (C=O) groups is 2. The third-order valence-corrected chi connectivity index (χ3v) is 10.3. The third-order valence-electron chi connectivity index (χ3n) is 9.37. The minimum Gasteiger partial charge on any atom is -0.756 e. The Hall–Kier alpha value is -1.55. The Balaban J connectivity index is 2.31. The van der Waals surface area contributed by atoms with Crippen LogP contribution in [0.15, 0.2) is 24.3 Å². The second-order valence-corrected chi connectivity index (χ2v) is 17.1. The number of hydrogen-bond acceptors (Lipinski definition) is 9. The van der Waals surface area contributed by atoms with E-state index in [1.165, 1.54) is 51.4 Å². The maximum absolute atomic E-state index is 12.6. The Morgan fingerprint density at radius 3 is 1.85 bits per heavy atom. The fraction of sp³-hybridized carbons (Fsp3) is 0.857. The van der Waals surface area contributed by atoms with Crippen LogP contribution in [0.2, 0.25) is 0 Å². The summed E-state index contributed by atoms with van der Waals surface area (Å²) in [5.74, 6) is -0.868. The zero-order valence-corrected chi connectivity index (χ0v) is 35.3. The molecule has 310 valence electrons. The first kappa shape index (κ1) is 49.5. The Morgan fingerprint density at radius 2 is 1.21 bits per heavy atom. The summed E-state index contributed by atoms with van der Waals surface area (Å²) < 4.78 is 39.6. The molecule has 11 heteroatoms. The van der Waals surface area contributed by atoms with Gasteiger partial charge in [0.15, 0.2) is 6.10 Å². The molecule has 0 bridgehead atoms. The molecule has 10 nitrogen and oxygen atoms in total. The second-order valence-electron chi connectivity index (χ2n) is 15.7. The van der Waals surface area contributed by atoms with Crippen LogP contribution in [0.25, 0.3) is 0 Å². The number of allylic oxidation sites excluding steroid dienone is 3. The van der Waals surface area contributed by atoms with Crippen LogP contribution in [0.4, 0.5) is 0 Å². The van der Waals surface area contributed by atoms with Crippen LogP contribution in [0.5, 0.6) is 0 Å². The summed E-state index contributed by atoms with van der Waals surface area (Å²) in [4.78, 5) is 37.5. The van der Waals surface area contributed by atoms with E-state index in [0.29, 0.717) is 36.1 Å². The van der Waals surface area contributed by atoms with Gasteiger partial charge >= 0.3 is 11.9 Å². The number of likely N-dealkylation sites (N-methyl/N-ethyl adjacent to an activating group) is 1. The molecule has 3 unspecified atom stereocenters. The number of hydrogen-bond donors (Lipinski definition) is 0. The van der Waals surface area contributed by atoms with E-state index in [1.54, 1.807) is 0 Å². The van der Waals surface area contributed by atoms with Crippen LogP contribution in [0.3, 0.4) is 0 Å². The summed E-state index contributed by atoms with van der Waals surface area (Å²) in [5, 5.41) is 0. The number of nitrogens with zero attached hydrogens (tertiary/aromatic N) is 1. The molecule has 0 saturated carbocycles. The number of ether oxygens (including phenoxy) is 3. The molecular weight excluding hydrogens is 693 g/mol. The summed E-state index contributed by atoms with van der Waals surface area (Å²) in [5.41, 5.74) is 0. The molecule has 1 aliphatic rings.